The lowest BCUT2D eigenvalue weighted by atomic mass is 10.2. The van der Waals surface area contributed by atoms with Gasteiger partial charge in [0, 0.05) is 12.3 Å². The van der Waals surface area contributed by atoms with E-state index in [0.717, 1.165) is 5.56 Å². The lowest BCUT2D eigenvalue weighted by molar-refractivity contribution is -0.274. The molecule has 0 saturated carbocycles. The third kappa shape index (κ3) is 4.28. The van der Waals surface area contributed by atoms with Gasteiger partial charge in [-0.1, -0.05) is 30.3 Å². The third-order valence-corrected chi connectivity index (χ3v) is 3.13. The fourth-order valence-corrected chi connectivity index (χ4v) is 2.06. The Bertz CT molecular complexity index is 784. The Morgan fingerprint density at radius 2 is 1.62 bits per heavy atom. The second-order valence-electron chi connectivity index (χ2n) is 4.91. The van der Waals surface area contributed by atoms with Crippen LogP contribution < -0.4 is 9.47 Å². The van der Waals surface area contributed by atoms with Gasteiger partial charge in [-0.25, -0.2) is 4.68 Å². The molecule has 0 N–H and O–H groups in total. The van der Waals surface area contributed by atoms with Crippen molar-refractivity contribution in [2.24, 2.45) is 0 Å². The van der Waals surface area contributed by atoms with Crippen molar-refractivity contribution in [1.29, 1.82) is 0 Å². The first-order valence-electron chi connectivity index (χ1n) is 7.08. The summed E-state index contributed by atoms with van der Waals surface area (Å²) in [7, 11) is 0. The van der Waals surface area contributed by atoms with Gasteiger partial charge in [0.2, 0.25) is 5.88 Å². The number of aromatic nitrogens is 2. The summed E-state index contributed by atoms with van der Waals surface area (Å²) in [5, 5.41) is 4.23. The van der Waals surface area contributed by atoms with E-state index in [-0.39, 0.29) is 5.75 Å². The second-order valence-corrected chi connectivity index (χ2v) is 4.91. The fourth-order valence-electron chi connectivity index (χ4n) is 2.06. The molecule has 0 radical (unpaired) electrons. The number of nitrogens with zero attached hydrogens (tertiary/aromatic N) is 2. The quantitative estimate of drug-likeness (QED) is 0.696. The molecular weight excluding hydrogens is 321 g/mol. The fraction of sp³-hybridized carbons (Fsp3) is 0.118. The average molecular weight is 334 g/mol. The van der Waals surface area contributed by atoms with Crippen LogP contribution in [0.25, 0.3) is 5.69 Å². The lowest BCUT2D eigenvalue weighted by Crippen LogP contribution is -2.17. The molecule has 1 heterocycles. The Morgan fingerprint density at radius 1 is 0.917 bits per heavy atom. The average Bonchev–Trinajstić information content (AvgIpc) is 3.02. The molecule has 4 nitrogen and oxygen atoms in total. The first kappa shape index (κ1) is 15.9. The Hall–Kier alpha value is -2.96. The molecule has 3 aromatic rings. The van der Waals surface area contributed by atoms with E-state index < -0.39 is 6.36 Å². The summed E-state index contributed by atoms with van der Waals surface area (Å²) in [6.07, 6.45) is -3.04. The first-order valence-corrected chi connectivity index (χ1v) is 7.08. The molecular formula is C17H13F3N2O2. The number of hydrogen-bond acceptors (Lipinski definition) is 3. The Labute approximate surface area is 136 Å². The van der Waals surface area contributed by atoms with Gasteiger partial charge in [0.15, 0.2) is 0 Å². The summed E-state index contributed by atoms with van der Waals surface area (Å²) in [6, 6.07) is 16.7. The van der Waals surface area contributed by atoms with E-state index in [1.165, 1.54) is 28.9 Å². The third-order valence-electron chi connectivity index (χ3n) is 3.13. The minimum atomic E-state index is -4.70. The second kappa shape index (κ2) is 6.66. The van der Waals surface area contributed by atoms with Crippen molar-refractivity contribution in [1.82, 2.24) is 9.78 Å². The maximum Gasteiger partial charge on any atom is 0.573 e. The normalized spacial score (nSPS) is 11.3. The topological polar surface area (TPSA) is 36.3 Å². The molecule has 0 aliphatic rings. The Balaban J connectivity index is 1.64. The Morgan fingerprint density at radius 3 is 2.29 bits per heavy atom. The van der Waals surface area contributed by atoms with Gasteiger partial charge in [0.05, 0.1) is 5.69 Å². The summed E-state index contributed by atoms with van der Waals surface area (Å²) in [6.45, 7) is 0.385. The number of rotatable bonds is 5. The molecule has 1 aromatic heterocycles. The summed E-state index contributed by atoms with van der Waals surface area (Å²) in [4.78, 5) is 0. The van der Waals surface area contributed by atoms with Crippen LogP contribution in [0.5, 0.6) is 11.6 Å². The number of ether oxygens (including phenoxy) is 2. The van der Waals surface area contributed by atoms with Gasteiger partial charge in [-0.15, -0.1) is 18.3 Å². The zero-order chi connectivity index (χ0) is 17.0. The molecule has 0 fully saturated rings. The summed E-state index contributed by atoms with van der Waals surface area (Å²) in [5.74, 6) is 0.147. The van der Waals surface area contributed by atoms with E-state index in [4.69, 9.17) is 4.74 Å². The van der Waals surface area contributed by atoms with Crippen molar-refractivity contribution >= 4 is 0 Å². The van der Waals surface area contributed by atoms with E-state index in [2.05, 4.69) is 9.84 Å². The first-order chi connectivity index (χ1) is 11.5. The van der Waals surface area contributed by atoms with E-state index in [1.807, 2.05) is 30.3 Å². The van der Waals surface area contributed by atoms with Crippen LogP contribution >= 0.6 is 0 Å². The van der Waals surface area contributed by atoms with E-state index in [9.17, 15) is 13.2 Å². The van der Waals surface area contributed by atoms with Crippen LogP contribution in [-0.2, 0) is 6.61 Å². The zero-order valence-electron chi connectivity index (χ0n) is 12.4. The lowest BCUT2D eigenvalue weighted by Gasteiger charge is -2.09. The van der Waals surface area contributed by atoms with Crippen LogP contribution in [0.2, 0.25) is 0 Å². The predicted molar refractivity (Wildman–Crippen MR) is 81.0 cm³/mol. The molecule has 0 bridgehead atoms. The van der Waals surface area contributed by atoms with E-state index in [1.54, 1.807) is 12.3 Å². The SMILES string of the molecule is FC(F)(F)Oc1ccc(-n2ccc(OCc3ccccc3)n2)cc1. The molecule has 3 rings (SSSR count). The standard InChI is InChI=1S/C17H13F3N2O2/c18-17(19,20)24-15-8-6-14(7-9-15)22-11-10-16(21-22)23-12-13-4-2-1-3-5-13/h1-11H,12H2. The van der Waals surface area contributed by atoms with Crippen molar-refractivity contribution in [2.75, 3.05) is 0 Å². The van der Waals surface area contributed by atoms with Gasteiger partial charge in [0.1, 0.15) is 12.4 Å². The molecule has 0 saturated heterocycles. The van der Waals surface area contributed by atoms with Gasteiger partial charge >= 0.3 is 6.36 Å². The molecule has 0 aliphatic heterocycles. The molecule has 124 valence electrons. The van der Waals surface area contributed by atoms with E-state index in [0.29, 0.717) is 18.2 Å². The highest BCUT2D eigenvalue weighted by Crippen LogP contribution is 2.24. The molecule has 0 aliphatic carbocycles. The van der Waals surface area contributed by atoms with Crippen LogP contribution in [0.1, 0.15) is 5.56 Å². The molecule has 7 heteroatoms. The zero-order valence-corrected chi connectivity index (χ0v) is 12.4. The maximum atomic E-state index is 12.1. The van der Waals surface area contributed by atoms with Crippen molar-refractivity contribution in [3.63, 3.8) is 0 Å². The van der Waals surface area contributed by atoms with Gasteiger partial charge < -0.3 is 9.47 Å². The minimum absolute atomic E-state index is 0.279. The molecule has 2 aromatic carbocycles. The largest absolute Gasteiger partial charge is 0.573 e. The summed E-state index contributed by atoms with van der Waals surface area (Å²) in [5.41, 5.74) is 1.61. The van der Waals surface area contributed by atoms with E-state index >= 15 is 0 Å². The van der Waals surface area contributed by atoms with Crippen molar-refractivity contribution < 1.29 is 22.6 Å². The monoisotopic (exact) mass is 334 g/mol. The van der Waals surface area contributed by atoms with Crippen LogP contribution in [0.3, 0.4) is 0 Å². The van der Waals surface area contributed by atoms with Gasteiger partial charge in [0.25, 0.3) is 0 Å². The molecule has 0 atom stereocenters. The highest BCUT2D eigenvalue weighted by molar-refractivity contribution is 5.37. The maximum absolute atomic E-state index is 12.1. The van der Waals surface area contributed by atoms with Crippen molar-refractivity contribution in [3.8, 4) is 17.3 Å². The number of halogens is 3. The highest BCUT2D eigenvalue weighted by atomic mass is 19.4. The van der Waals surface area contributed by atoms with Crippen LogP contribution in [0.15, 0.2) is 66.9 Å². The number of benzene rings is 2. The highest BCUT2D eigenvalue weighted by Gasteiger charge is 2.30. The summed E-state index contributed by atoms with van der Waals surface area (Å²) < 4.78 is 47.3. The number of hydrogen-bond donors (Lipinski definition) is 0. The van der Waals surface area contributed by atoms with Crippen molar-refractivity contribution in [2.45, 2.75) is 13.0 Å². The van der Waals surface area contributed by atoms with Gasteiger partial charge in [-0.3, -0.25) is 0 Å². The number of alkyl halides is 3. The van der Waals surface area contributed by atoms with Gasteiger partial charge in [-0.05, 0) is 29.8 Å². The Kier molecular flexibility index (Phi) is 4.41. The van der Waals surface area contributed by atoms with Crippen LogP contribution in [0, 0.1) is 0 Å². The van der Waals surface area contributed by atoms with Crippen molar-refractivity contribution in [3.05, 3.63) is 72.4 Å². The molecule has 0 unspecified atom stereocenters. The molecule has 0 amide bonds. The molecule has 24 heavy (non-hydrogen) atoms. The minimum Gasteiger partial charge on any atom is -0.472 e. The molecule has 0 spiro atoms. The predicted octanol–water partition coefficient (Wildman–Crippen LogP) is 4.35. The van der Waals surface area contributed by atoms with Crippen LogP contribution in [0.4, 0.5) is 13.2 Å². The van der Waals surface area contributed by atoms with Crippen LogP contribution in [-0.4, -0.2) is 16.1 Å². The van der Waals surface area contributed by atoms with Gasteiger partial charge in [-0.2, -0.15) is 0 Å². The smallest absolute Gasteiger partial charge is 0.472 e. The summed E-state index contributed by atoms with van der Waals surface area (Å²) >= 11 is 0.